The van der Waals surface area contributed by atoms with Gasteiger partial charge in [-0.15, -0.1) is 0 Å². The highest BCUT2D eigenvalue weighted by atomic mass is 32.2. The molecule has 1 fully saturated rings. The molecule has 0 bridgehead atoms. The van der Waals surface area contributed by atoms with Gasteiger partial charge < -0.3 is 0 Å². The number of halogens is 3. The Morgan fingerprint density at radius 1 is 1.00 bits per heavy atom. The maximum absolute atomic E-state index is 13.3. The number of hydrogen-bond acceptors (Lipinski definition) is 3. The third-order valence-corrected chi connectivity index (χ3v) is 4.89. The Kier molecular flexibility index (Phi) is 5.26. The van der Waals surface area contributed by atoms with Crippen LogP contribution in [0.15, 0.2) is 36.4 Å². The molecule has 0 atom stereocenters. The number of rotatable bonds is 4. The summed E-state index contributed by atoms with van der Waals surface area (Å²) < 4.78 is 39.7. The number of thioether (sulfide) groups is 1. The number of carbonyl (C=O) groups is 1. The van der Waals surface area contributed by atoms with Crippen LogP contribution >= 0.6 is 11.8 Å². The van der Waals surface area contributed by atoms with Crippen molar-refractivity contribution in [3.8, 4) is 0 Å². The normalized spacial score (nSPS) is 15.5. The first-order chi connectivity index (χ1) is 11.5. The Bertz CT molecular complexity index is 737. The average Bonchev–Trinajstić information content (AvgIpc) is 2.59. The van der Waals surface area contributed by atoms with E-state index in [0.29, 0.717) is 5.56 Å². The van der Waals surface area contributed by atoms with Crippen LogP contribution in [0.5, 0.6) is 0 Å². The Morgan fingerprint density at radius 3 is 2.33 bits per heavy atom. The molecule has 0 amide bonds. The molecular weight excluding hydrogens is 335 g/mol. The molecule has 0 unspecified atom stereocenters. The van der Waals surface area contributed by atoms with Crippen LogP contribution in [0.1, 0.15) is 21.5 Å². The first kappa shape index (κ1) is 17.0. The van der Waals surface area contributed by atoms with Gasteiger partial charge in [-0.05, 0) is 23.8 Å². The molecule has 0 aromatic heterocycles. The predicted octanol–water partition coefficient (Wildman–Crippen LogP) is 3.88. The van der Waals surface area contributed by atoms with Crippen LogP contribution < -0.4 is 0 Å². The number of ketones is 1. The minimum absolute atomic E-state index is 0.196. The molecule has 1 heterocycles. The molecule has 0 N–H and O–H groups in total. The van der Waals surface area contributed by atoms with E-state index in [0.717, 1.165) is 48.8 Å². The summed E-state index contributed by atoms with van der Waals surface area (Å²) >= 11 is 1.92. The first-order valence-electron chi connectivity index (χ1n) is 7.63. The Hall–Kier alpha value is -1.79. The summed E-state index contributed by atoms with van der Waals surface area (Å²) in [6.45, 7) is 2.72. The molecule has 24 heavy (non-hydrogen) atoms. The van der Waals surface area contributed by atoms with Gasteiger partial charge in [-0.3, -0.25) is 9.69 Å². The largest absolute Gasteiger partial charge is 0.297 e. The van der Waals surface area contributed by atoms with Crippen LogP contribution in [-0.2, 0) is 6.54 Å². The minimum Gasteiger partial charge on any atom is -0.297 e. The fraction of sp³-hybridized carbons (Fsp3) is 0.278. The zero-order chi connectivity index (χ0) is 17.1. The van der Waals surface area contributed by atoms with Crippen LogP contribution in [0.25, 0.3) is 0 Å². The molecule has 6 heteroatoms. The van der Waals surface area contributed by atoms with Crippen LogP contribution in [0.4, 0.5) is 13.2 Å². The van der Waals surface area contributed by atoms with Crippen LogP contribution in [-0.4, -0.2) is 35.3 Å². The van der Waals surface area contributed by atoms with Crippen LogP contribution in [0.2, 0.25) is 0 Å². The summed E-state index contributed by atoms with van der Waals surface area (Å²) in [5, 5.41) is 0. The number of carbonyl (C=O) groups excluding carboxylic acids is 1. The topological polar surface area (TPSA) is 20.3 Å². The van der Waals surface area contributed by atoms with Gasteiger partial charge in [-0.2, -0.15) is 11.8 Å². The number of hydrogen-bond donors (Lipinski definition) is 0. The lowest BCUT2D eigenvalue weighted by molar-refractivity contribution is 0.103. The second kappa shape index (κ2) is 7.40. The summed E-state index contributed by atoms with van der Waals surface area (Å²) in [6, 6.07) is 8.45. The Balaban J connectivity index is 1.81. The van der Waals surface area contributed by atoms with Gasteiger partial charge in [0, 0.05) is 42.3 Å². The van der Waals surface area contributed by atoms with Gasteiger partial charge >= 0.3 is 0 Å². The molecule has 3 rings (SSSR count). The molecule has 1 aliphatic rings. The van der Waals surface area contributed by atoms with E-state index in [2.05, 4.69) is 4.90 Å². The van der Waals surface area contributed by atoms with Crippen molar-refractivity contribution in [2.75, 3.05) is 24.6 Å². The molecule has 0 spiro atoms. The minimum atomic E-state index is -1.57. The lowest BCUT2D eigenvalue weighted by Gasteiger charge is -2.26. The SMILES string of the molecule is O=C(c1cccc(CN2CCSCC2)c1)c1cc(F)c(F)c(F)c1. The van der Waals surface area contributed by atoms with E-state index in [1.807, 2.05) is 17.8 Å². The second-order valence-corrected chi connectivity index (χ2v) is 6.90. The van der Waals surface area contributed by atoms with E-state index in [4.69, 9.17) is 0 Å². The van der Waals surface area contributed by atoms with E-state index >= 15 is 0 Å². The van der Waals surface area contributed by atoms with E-state index < -0.39 is 23.2 Å². The third-order valence-electron chi connectivity index (χ3n) is 3.95. The molecule has 2 aromatic rings. The van der Waals surface area contributed by atoms with Crippen molar-refractivity contribution in [2.45, 2.75) is 6.54 Å². The Labute approximate surface area is 142 Å². The lowest BCUT2D eigenvalue weighted by Crippen LogP contribution is -2.32. The molecule has 1 aliphatic heterocycles. The van der Waals surface area contributed by atoms with E-state index in [1.165, 1.54) is 0 Å². The summed E-state index contributed by atoms with van der Waals surface area (Å²) in [5.41, 5.74) is 1.11. The highest BCUT2D eigenvalue weighted by molar-refractivity contribution is 7.99. The molecule has 126 valence electrons. The van der Waals surface area contributed by atoms with Gasteiger partial charge in [0.25, 0.3) is 0 Å². The highest BCUT2D eigenvalue weighted by Crippen LogP contribution is 2.19. The molecule has 2 nitrogen and oxygen atoms in total. The molecular formula is C18H16F3NOS. The zero-order valence-corrected chi connectivity index (χ0v) is 13.7. The summed E-state index contributed by atoms with van der Waals surface area (Å²) in [7, 11) is 0. The number of benzene rings is 2. The van der Waals surface area contributed by atoms with Crippen molar-refractivity contribution in [2.24, 2.45) is 0 Å². The molecule has 0 saturated carbocycles. The van der Waals surface area contributed by atoms with Gasteiger partial charge in [0.2, 0.25) is 0 Å². The lowest BCUT2D eigenvalue weighted by atomic mass is 10.0. The smallest absolute Gasteiger partial charge is 0.194 e. The van der Waals surface area contributed by atoms with E-state index in [1.54, 1.807) is 18.2 Å². The van der Waals surface area contributed by atoms with Crippen molar-refractivity contribution in [1.29, 1.82) is 0 Å². The maximum Gasteiger partial charge on any atom is 0.194 e. The maximum atomic E-state index is 13.3. The van der Waals surface area contributed by atoms with Gasteiger partial charge in [-0.25, -0.2) is 13.2 Å². The van der Waals surface area contributed by atoms with Gasteiger partial charge in [0.1, 0.15) is 0 Å². The van der Waals surface area contributed by atoms with Crippen molar-refractivity contribution in [3.05, 3.63) is 70.5 Å². The summed E-state index contributed by atoms with van der Waals surface area (Å²) in [6.07, 6.45) is 0. The van der Waals surface area contributed by atoms with Gasteiger partial charge in [0.15, 0.2) is 23.2 Å². The van der Waals surface area contributed by atoms with Crippen molar-refractivity contribution < 1.29 is 18.0 Å². The quantitative estimate of drug-likeness (QED) is 0.616. The van der Waals surface area contributed by atoms with E-state index in [-0.39, 0.29) is 5.56 Å². The first-order valence-corrected chi connectivity index (χ1v) is 8.78. The zero-order valence-electron chi connectivity index (χ0n) is 12.9. The van der Waals surface area contributed by atoms with E-state index in [9.17, 15) is 18.0 Å². The third kappa shape index (κ3) is 3.82. The van der Waals surface area contributed by atoms with Crippen LogP contribution in [0, 0.1) is 17.5 Å². The van der Waals surface area contributed by atoms with Gasteiger partial charge in [-0.1, -0.05) is 18.2 Å². The van der Waals surface area contributed by atoms with Crippen molar-refractivity contribution >= 4 is 17.5 Å². The average molecular weight is 351 g/mol. The number of nitrogens with zero attached hydrogens (tertiary/aromatic N) is 1. The summed E-state index contributed by atoms with van der Waals surface area (Å²) in [5.74, 6) is -2.63. The van der Waals surface area contributed by atoms with Gasteiger partial charge in [0.05, 0.1) is 0 Å². The highest BCUT2D eigenvalue weighted by Gasteiger charge is 2.17. The fourth-order valence-corrected chi connectivity index (χ4v) is 3.66. The molecule has 1 saturated heterocycles. The van der Waals surface area contributed by atoms with Crippen molar-refractivity contribution in [1.82, 2.24) is 4.90 Å². The summed E-state index contributed by atoms with van der Waals surface area (Å²) in [4.78, 5) is 14.7. The predicted molar refractivity (Wildman–Crippen MR) is 88.8 cm³/mol. The molecule has 2 aromatic carbocycles. The molecule has 0 radical (unpaired) electrons. The van der Waals surface area contributed by atoms with Crippen molar-refractivity contribution in [3.63, 3.8) is 0 Å². The fourth-order valence-electron chi connectivity index (χ4n) is 2.68. The van der Waals surface area contributed by atoms with Crippen LogP contribution in [0.3, 0.4) is 0 Å². The Morgan fingerprint density at radius 2 is 1.67 bits per heavy atom. The standard InChI is InChI=1S/C18H16F3NOS/c19-15-9-14(10-16(20)17(15)21)18(23)13-3-1-2-12(8-13)11-22-4-6-24-7-5-22/h1-3,8-10H,4-7,11H2. The second-order valence-electron chi connectivity index (χ2n) is 5.67. The monoisotopic (exact) mass is 351 g/mol. The molecule has 0 aliphatic carbocycles.